The van der Waals surface area contributed by atoms with Crippen LogP contribution in [-0.2, 0) is 4.79 Å². The number of aromatic nitrogens is 4. The molecule has 0 aliphatic heterocycles. The Morgan fingerprint density at radius 1 is 1.15 bits per heavy atom. The average Bonchev–Trinajstić information content (AvgIpc) is 3.11. The first kappa shape index (κ1) is 25.5. The Labute approximate surface area is 187 Å². The molecule has 9 nitrogen and oxygen atoms in total. The molecule has 3 aromatic rings. The highest BCUT2D eigenvalue weighted by molar-refractivity contribution is 5.95. The molecule has 3 N–H and O–H groups in total. The number of nitrogens with one attached hydrogen (secondary N) is 1. The largest absolute Gasteiger partial charge is 0.490 e. The number of hydrogen-bond acceptors (Lipinski definition) is 6. The number of aromatic amines is 1. The van der Waals surface area contributed by atoms with Crippen molar-refractivity contribution in [3.05, 3.63) is 53.7 Å². The van der Waals surface area contributed by atoms with Crippen LogP contribution in [0.5, 0.6) is 0 Å². The highest BCUT2D eigenvalue weighted by Crippen LogP contribution is 2.24. The summed E-state index contributed by atoms with van der Waals surface area (Å²) in [7, 11) is 1.65. The van der Waals surface area contributed by atoms with Crippen molar-refractivity contribution in [3.8, 4) is 22.6 Å². The van der Waals surface area contributed by atoms with Gasteiger partial charge in [-0.2, -0.15) is 13.2 Å². The second-order valence-electron chi connectivity index (χ2n) is 6.94. The molecule has 0 atom stereocenters. The van der Waals surface area contributed by atoms with Crippen molar-refractivity contribution in [2.75, 3.05) is 20.2 Å². The zero-order valence-corrected chi connectivity index (χ0v) is 18.0. The van der Waals surface area contributed by atoms with Crippen molar-refractivity contribution in [3.63, 3.8) is 0 Å². The van der Waals surface area contributed by atoms with Crippen LogP contribution < -0.4 is 0 Å². The number of aliphatic hydroxyl groups excluding tert-OH is 1. The molecule has 0 spiro atoms. The van der Waals surface area contributed by atoms with E-state index in [2.05, 4.69) is 19.9 Å². The van der Waals surface area contributed by atoms with E-state index < -0.39 is 12.1 Å². The SMILES string of the molecule is Cc1nc(-c2cc(-c3cncc(C(=O)N(C)CCO)c3)ccn2)[nH]c1C.O=C(O)C(F)(F)F. The summed E-state index contributed by atoms with van der Waals surface area (Å²) in [5.74, 6) is -2.22. The predicted molar refractivity (Wildman–Crippen MR) is 112 cm³/mol. The topological polar surface area (TPSA) is 132 Å². The third kappa shape index (κ3) is 6.84. The number of halogens is 3. The molecule has 0 aliphatic carbocycles. The number of aliphatic carboxylic acids is 1. The minimum absolute atomic E-state index is 0.0783. The summed E-state index contributed by atoms with van der Waals surface area (Å²) in [5, 5.41) is 16.1. The lowest BCUT2D eigenvalue weighted by Crippen LogP contribution is -2.29. The zero-order valence-electron chi connectivity index (χ0n) is 18.0. The number of hydrogen-bond donors (Lipinski definition) is 3. The number of nitrogens with zero attached hydrogens (tertiary/aromatic N) is 4. The number of likely N-dealkylation sites (N-methyl/N-ethyl adjacent to an activating group) is 1. The molecule has 3 aromatic heterocycles. The fourth-order valence-electron chi connectivity index (χ4n) is 2.60. The van der Waals surface area contributed by atoms with Gasteiger partial charge in [-0.25, -0.2) is 9.78 Å². The third-order valence-electron chi connectivity index (χ3n) is 4.47. The van der Waals surface area contributed by atoms with Crippen LogP contribution >= 0.6 is 0 Å². The molecule has 0 aromatic carbocycles. The highest BCUT2D eigenvalue weighted by atomic mass is 19.4. The van der Waals surface area contributed by atoms with E-state index in [1.807, 2.05) is 26.0 Å². The summed E-state index contributed by atoms with van der Waals surface area (Å²) >= 11 is 0. The first-order valence-corrected chi connectivity index (χ1v) is 9.55. The number of amides is 1. The Hall–Kier alpha value is -3.80. The fourth-order valence-corrected chi connectivity index (χ4v) is 2.60. The second kappa shape index (κ2) is 10.7. The number of pyridine rings is 2. The van der Waals surface area contributed by atoms with Crippen LogP contribution in [0.4, 0.5) is 13.2 Å². The molecule has 33 heavy (non-hydrogen) atoms. The summed E-state index contributed by atoms with van der Waals surface area (Å²) in [6.07, 6.45) is -0.133. The van der Waals surface area contributed by atoms with Crippen LogP contribution in [0.1, 0.15) is 21.7 Å². The van der Waals surface area contributed by atoms with Gasteiger partial charge in [0.2, 0.25) is 0 Å². The first-order chi connectivity index (χ1) is 15.4. The number of alkyl halides is 3. The van der Waals surface area contributed by atoms with Crippen molar-refractivity contribution in [1.29, 1.82) is 0 Å². The molecular weight excluding hydrogens is 443 g/mol. The van der Waals surface area contributed by atoms with E-state index in [-0.39, 0.29) is 19.1 Å². The van der Waals surface area contributed by atoms with Gasteiger partial charge >= 0.3 is 12.1 Å². The summed E-state index contributed by atoms with van der Waals surface area (Å²) in [6.45, 7) is 4.11. The smallest absolute Gasteiger partial charge is 0.475 e. The van der Waals surface area contributed by atoms with Crippen LogP contribution in [0.15, 0.2) is 36.8 Å². The molecule has 0 saturated heterocycles. The van der Waals surface area contributed by atoms with Crippen molar-refractivity contribution >= 4 is 11.9 Å². The average molecular weight is 465 g/mol. The number of aliphatic hydroxyl groups is 1. The Morgan fingerprint density at radius 3 is 2.36 bits per heavy atom. The van der Waals surface area contributed by atoms with Crippen LogP contribution in [0.25, 0.3) is 22.6 Å². The standard InChI is InChI=1S/C19H21N5O2.C2HF3O2/c1-12-13(2)23-18(22-12)17-9-14(4-5-21-17)15-8-16(11-20-10-15)19(26)24(3)6-7-25;3-2(4,5)1(6)7/h4-5,8-11,25H,6-7H2,1-3H3,(H,22,23);(H,6,7). The van der Waals surface area contributed by atoms with Crippen molar-refractivity contribution in [2.45, 2.75) is 20.0 Å². The van der Waals surface area contributed by atoms with E-state index in [0.717, 1.165) is 28.2 Å². The molecule has 0 radical (unpaired) electrons. The van der Waals surface area contributed by atoms with Gasteiger partial charge in [0, 0.05) is 43.4 Å². The van der Waals surface area contributed by atoms with Crippen molar-refractivity contribution in [2.24, 2.45) is 0 Å². The lowest BCUT2D eigenvalue weighted by atomic mass is 10.1. The lowest BCUT2D eigenvalue weighted by molar-refractivity contribution is -0.192. The second-order valence-corrected chi connectivity index (χ2v) is 6.94. The fraction of sp³-hybridized carbons (Fsp3) is 0.286. The maximum atomic E-state index is 12.4. The molecule has 0 aliphatic rings. The zero-order chi connectivity index (χ0) is 24.8. The van der Waals surface area contributed by atoms with E-state index >= 15 is 0 Å². The summed E-state index contributed by atoms with van der Waals surface area (Å²) in [6, 6.07) is 5.58. The molecule has 1 amide bonds. The minimum Gasteiger partial charge on any atom is -0.475 e. The summed E-state index contributed by atoms with van der Waals surface area (Å²) in [4.78, 5) is 39.0. The van der Waals surface area contributed by atoms with E-state index in [0.29, 0.717) is 11.4 Å². The Balaban J connectivity index is 0.000000479. The molecule has 176 valence electrons. The quantitative estimate of drug-likeness (QED) is 0.528. The number of carboxylic acid groups (broad SMARTS) is 1. The molecule has 12 heteroatoms. The highest BCUT2D eigenvalue weighted by Gasteiger charge is 2.38. The number of carbonyl (C=O) groups excluding carboxylic acids is 1. The number of imidazole rings is 1. The normalized spacial score (nSPS) is 10.9. The molecule has 3 rings (SSSR count). The Kier molecular flexibility index (Phi) is 8.24. The first-order valence-electron chi connectivity index (χ1n) is 9.55. The van der Waals surface area contributed by atoms with Gasteiger partial charge in [0.15, 0.2) is 5.82 Å². The number of carbonyl (C=O) groups is 2. The summed E-state index contributed by atoms with van der Waals surface area (Å²) in [5.41, 5.74) is 4.86. The number of H-pyrrole nitrogens is 1. The number of rotatable bonds is 5. The molecule has 3 heterocycles. The minimum atomic E-state index is -5.08. The maximum Gasteiger partial charge on any atom is 0.490 e. The van der Waals surface area contributed by atoms with Gasteiger partial charge in [-0.1, -0.05) is 0 Å². The van der Waals surface area contributed by atoms with Crippen LogP contribution in [-0.4, -0.2) is 73.3 Å². The Morgan fingerprint density at radius 2 is 1.82 bits per heavy atom. The van der Waals surface area contributed by atoms with E-state index in [1.165, 1.54) is 11.1 Å². The van der Waals surface area contributed by atoms with Gasteiger partial charge in [0.25, 0.3) is 5.91 Å². The van der Waals surface area contributed by atoms with Gasteiger partial charge < -0.3 is 20.1 Å². The summed E-state index contributed by atoms with van der Waals surface area (Å²) < 4.78 is 31.7. The molecule has 0 saturated carbocycles. The molecule has 0 unspecified atom stereocenters. The predicted octanol–water partition coefficient (Wildman–Crippen LogP) is 2.85. The molecule has 0 fully saturated rings. The van der Waals surface area contributed by atoms with E-state index in [9.17, 15) is 18.0 Å². The van der Waals surface area contributed by atoms with Crippen LogP contribution in [0.3, 0.4) is 0 Å². The van der Waals surface area contributed by atoms with Crippen molar-refractivity contribution < 1.29 is 33.0 Å². The van der Waals surface area contributed by atoms with Crippen LogP contribution in [0.2, 0.25) is 0 Å². The molecule has 0 bridgehead atoms. The van der Waals surface area contributed by atoms with Gasteiger partial charge in [-0.15, -0.1) is 0 Å². The van der Waals surface area contributed by atoms with Gasteiger partial charge in [0.1, 0.15) is 5.69 Å². The van der Waals surface area contributed by atoms with E-state index in [1.54, 1.807) is 25.5 Å². The van der Waals surface area contributed by atoms with Gasteiger partial charge in [0.05, 0.1) is 17.9 Å². The monoisotopic (exact) mass is 465 g/mol. The maximum absolute atomic E-state index is 12.4. The van der Waals surface area contributed by atoms with Gasteiger partial charge in [-0.05, 0) is 37.6 Å². The third-order valence-corrected chi connectivity index (χ3v) is 4.47. The Bertz CT molecular complexity index is 1110. The van der Waals surface area contributed by atoms with Crippen LogP contribution in [0, 0.1) is 13.8 Å². The number of carboxylic acids is 1. The van der Waals surface area contributed by atoms with Crippen molar-refractivity contribution in [1.82, 2.24) is 24.8 Å². The lowest BCUT2D eigenvalue weighted by Gasteiger charge is -2.15. The molecular formula is C21H22F3N5O4. The van der Waals surface area contributed by atoms with E-state index in [4.69, 9.17) is 15.0 Å². The number of aryl methyl sites for hydroxylation is 2. The van der Waals surface area contributed by atoms with Gasteiger partial charge in [-0.3, -0.25) is 14.8 Å².